The molecule has 3 aromatic rings. The van der Waals surface area contributed by atoms with Crippen LogP contribution < -0.4 is 15.1 Å². The third-order valence-electron chi connectivity index (χ3n) is 7.19. The smallest absolute Gasteiger partial charge is 0.275 e. The Hall–Kier alpha value is -3.78. The van der Waals surface area contributed by atoms with E-state index in [-0.39, 0.29) is 29.2 Å². The number of anilines is 2. The van der Waals surface area contributed by atoms with Crippen LogP contribution in [0.4, 0.5) is 20.2 Å². The van der Waals surface area contributed by atoms with Crippen molar-refractivity contribution in [1.82, 2.24) is 10.3 Å². The van der Waals surface area contributed by atoms with E-state index in [9.17, 15) is 9.59 Å². The molecule has 0 aliphatic carbocycles. The molecule has 3 heterocycles. The molecule has 0 bridgehead atoms. The molecule has 2 aliphatic rings. The summed E-state index contributed by atoms with van der Waals surface area (Å²) < 4.78 is 31.0. The summed E-state index contributed by atoms with van der Waals surface area (Å²) in [5.74, 6) is -3.89. The highest BCUT2D eigenvalue weighted by molar-refractivity contribution is 6.35. The Morgan fingerprint density at radius 3 is 2.64 bits per heavy atom. The summed E-state index contributed by atoms with van der Waals surface area (Å²) in [6, 6.07) is 17.0. The molecule has 0 radical (unpaired) electrons. The number of carbonyl (C=O) groups is 2. The molecule has 0 saturated carbocycles. The predicted octanol–water partition coefficient (Wildman–Crippen LogP) is 5.97. The average Bonchev–Trinajstić information content (AvgIpc) is 3.33. The Bertz CT molecular complexity index is 1410. The molecule has 1 aromatic heterocycles. The van der Waals surface area contributed by atoms with Gasteiger partial charge in [-0.15, -0.1) is 0 Å². The van der Waals surface area contributed by atoms with Gasteiger partial charge in [-0.25, -0.2) is 8.78 Å². The van der Waals surface area contributed by atoms with Gasteiger partial charge >= 0.3 is 0 Å². The Morgan fingerprint density at radius 1 is 1.13 bits per heavy atom. The molecule has 202 valence electrons. The number of pyridine rings is 1. The monoisotopic (exact) mass is 550 g/mol. The van der Waals surface area contributed by atoms with Crippen LogP contribution in [0.3, 0.4) is 0 Å². The largest absolute Gasteiger partial charge is 0.371 e. The van der Waals surface area contributed by atoms with Gasteiger partial charge in [-0.2, -0.15) is 0 Å². The van der Waals surface area contributed by atoms with Crippen LogP contribution in [0.5, 0.6) is 0 Å². The van der Waals surface area contributed by atoms with E-state index in [1.807, 2.05) is 6.07 Å². The Kier molecular flexibility index (Phi) is 7.66. The molecule has 2 aliphatic heterocycles. The first-order valence-electron chi connectivity index (χ1n) is 13.0. The number of nitrogens with zero attached hydrogens (tertiary/aromatic N) is 3. The quantitative estimate of drug-likeness (QED) is 0.398. The Balaban J connectivity index is 1.43. The fraction of sp³-hybridized carbons (Fsp3) is 0.300. The van der Waals surface area contributed by atoms with Gasteiger partial charge in [0.2, 0.25) is 5.91 Å². The van der Waals surface area contributed by atoms with Crippen LogP contribution in [0.1, 0.15) is 41.4 Å². The lowest BCUT2D eigenvalue weighted by Gasteiger charge is -2.24. The fourth-order valence-corrected chi connectivity index (χ4v) is 5.34. The molecule has 1 saturated heterocycles. The molecule has 0 spiro atoms. The second-order valence-corrected chi connectivity index (χ2v) is 10.4. The lowest BCUT2D eigenvalue weighted by Crippen LogP contribution is -2.33. The third-order valence-corrected chi connectivity index (χ3v) is 7.50. The van der Waals surface area contributed by atoms with Gasteiger partial charge in [0, 0.05) is 55.2 Å². The SMILES string of the molecule is CC1CCN(c2ccc(C(=O)N3CCC(F)(F)/C(=C/C(=O)NCc4ccccn4)c4ccccc43)c(Cl)c2)C1. The summed E-state index contributed by atoms with van der Waals surface area (Å²) in [4.78, 5) is 34.1. The molecule has 39 heavy (non-hydrogen) atoms. The number of hydrogen-bond acceptors (Lipinski definition) is 4. The zero-order valence-electron chi connectivity index (χ0n) is 21.5. The van der Waals surface area contributed by atoms with E-state index in [1.165, 1.54) is 11.0 Å². The molecule has 5 rings (SSSR count). The second-order valence-electron chi connectivity index (χ2n) is 10.0. The van der Waals surface area contributed by atoms with Crippen molar-refractivity contribution < 1.29 is 18.4 Å². The minimum atomic E-state index is -3.34. The topological polar surface area (TPSA) is 65.5 Å². The zero-order chi connectivity index (χ0) is 27.6. The Labute approximate surface area is 231 Å². The van der Waals surface area contributed by atoms with E-state index in [1.54, 1.807) is 54.7 Å². The lowest BCUT2D eigenvalue weighted by atomic mass is 9.97. The third kappa shape index (κ3) is 5.81. The first-order valence-corrected chi connectivity index (χ1v) is 13.3. The maximum atomic E-state index is 15.5. The number of rotatable bonds is 5. The summed E-state index contributed by atoms with van der Waals surface area (Å²) >= 11 is 6.57. The summed E-state index contributed by atoms with van der Waals surface area (Å²) in [5, 5.41) is 2.89. The number of alkyl halides is 2. The molecule has 2 aromatic carbocycles. The van der Waals surface area contributed by atoms with Gasteiger partial charge < -0.3 is 15.1 Å². The maximum Gasteiger partial charge on any atom is 0.275 e. The molecule has 1 atom stereocenters. The van der Waals surface area contributed by atoms with Gasteiger partial charge in [-0.05, 0) is 48.7 Å². The normalized spacial score (nSPS) is 19.5. The van der Waals surface area contributed by atoms with Crippen molar-refractivity contribution in [3.8, 4) is 0 Å². The number of nitrogens with one attached hydrogen (secondary N) is 1. The van der Waals surface area contributed by atoms with E-state index >= 15 is 8.78 Å². The zero-order valence-corrected chi connectivity index (χ0v) is 22.3. The number of aromatic nitrogens is 1. The molecule has 1 fully saturated rings. The lowest BCUT2D eigenvalue weighted by molar-refractivity contribution is -0.116. The summed E-state index contributed by atoms with van der Waals surface area (Å²) in [5.41, 5.74) is 1.78. The first-order chi connectivity index (χ1) is 18.7. The van der Waals surface area contributed by atoms with Crippen LogP contribution in [0.25, 0.3) is 5.57 Å². The van der Waals surface area contributed by atoms with Gasteiger partial charge in [0.05, 0.1) is 28.5 Å². The number of para-hydroxylation sites is 1. The van der Waals surface area contributed by atoms with Gasteiger partial charge in [0.1, 0.15) is 0 Å². The minimum Gasteiger partial charge on any atom is -0.371 e. The summed E-state index contributed by atoms with van der Waals surface area (Å²) in [7, 11) is 0. The highest BCUT2D eigenvalue weighted by atomic mass is 35.5. The second kappa shape index (κ2) is 11.1. The molecular weight excluding hydrogens is 522 g/mol. The van der Waals surface area contributed by atoms with Gasteiger partial charge in [0.25, 0.3) is 11.8 Å². The summed E-state index contributed by atoms with van der Waals surface area (Å²) in [6.45, 7) is 3.90. The highest BCUT2D eigenvalue weighted by Crippen LogP contribution is 2.43. The predicted molar refractivity (Wildman–Crippen MR) is 149 cm³/mol. The van der Waals surface area contributed by atoms with Crippen molar-refractivity contribution in [3.63, 3.8) is 0 Å². The maximum absolute atomic E-state index is 15.5. The minimum absolute atomic E-state index is 0.103. The number of carbonyl (C=O) groups excluding carboxylic acids is 2. The van der Waals surface area contributed by atoms with E-state index in [2.05, 4.69) is 22.1 Å². The van der Waals surface area contributed by atoms with Crippen LogP contribution in [-0.4, -0.2) is 42.4 Å². The van der Waals surface area contributed by atoms with Gasteiger partial charge in [-0.3, -0.25) is 14.6 Å². The van der Waals surface area contributed by atoms with E-state index in [4.69, 9.17) is 11.6 Å². The Morgan fingerprint density at radius 2 is 1.92 bits per heavy atom. The standard InChI is InChI=1S/C30H29ClF2N4O2/c1-20-11-14-36(19-20)22-9-10-24(26(31)16-22)29(39)37-15-12-30(32,33)25(23-7-2-3-8-27(23)37)17-28(38)35-18-21-6-4-5-13-34-21/h2-10,13,16-17,20H,11-12,14-15,18-19H2,1H3,(H,35,38)/b25-17+. The van der Waals surface area contributed by atoms with E-state index < -0.39 is 29.7 Å². The van der Waals surface area contributed by atoms with Crippen molar-refractivity contribution in [2.24, 2.45) is 5.92 Å². The van der Waals surface area contributed by atoms with E-state index in [0.29, 0.717) is 17.3 Å². The van der Waals surface area contributed by atoms with Crippen molar-refractivity contribution in [2.45, 2.75) is 32.2 Å². The van der Waals surface area contributed by atoms with Gasteiger partial charge in [-0.1, -0.05) is 42.8 Å². The number of benzene rings is 2. The number of halogens is 3. The van der Waals surface area contributed by atoms with Crippen LogP contribution in [0.2, 0.25) is 5.02 Å². The van der Waals surface area contributed by atoms with Crippen LogP contribution in [0.15, 0.2) is 72.9 Å². The molecule has 6 nitrogen and oxygen atoms in total. The van der Waals surface area contributed by atoms with Crippen LogP contribution >= 0.6 is 11.6 Å². The van der Waals surface area contributed by atoms with Crippen molar-refractivity contribution in [2.75, 3.05) is 29.4 Å². The number of hydrogen-bond donors (Lipinski definition) is 1. The fourth-order valence-electron chi connectivity index (χ4n) is 5.09. The van der Waals surface area contributed by atoms with Crippen molar-refractivity contribution in [1.29, 1.82) is 0 Å². The molecule has 1 N–H and O–H groups in total. The van der Waals surface area contributed by atoms with E-state index in [0.717, 1.165) is 31.3 Å². The highest BCUT2D eigenvalue weighted by Gasteiger charge is 2.41. The number of amides is 2. The van der Waals surface area contributed by atoms with Crippen molar-refractivity contribution >= 4 is 40.4 Å². The molecule has 1 unspecified atom stereocenters. The summed E-state index contributed by atoms with van der Waals surface area (Å²) in [6.07, 6.45) is 2.96. The first kappa shape index (κ1) is 26.8. The molecular formula is C30H29ClF2N4O2. The average molecular weight is 551 g/mol. The van der Waals surface area contributed by atoms with Crippen LogP contribution in [0, 0.1) is 5.92 Å². The van der Waals surface area contributed by atoms with Crippen LogP contribution in [-0.2, 0) is 11.3 Å². The van der Waals surface area contributed by atoms with Crippen molar-refractivity contribution in [3.05, 3.63) is 94.8 Å². The van der Waals surface area contributed by atoms with Gasteiger partial charge in [0.15, 0.2) is 0 Å². The molecule has 2 amide bonds. The number of allylic oxidation sites excluding steroid dienone is 1. The number of fused-ring (bicyclic) bond motifs is 1. The molecule has 9 heteroatoms.